The van der Waals surface area contributed by atoms with Crippen LogP contribution in [0.4, 0.5) is 0 Å². The van der Waals surface area contributed by atoms with Crippen LogP contribution in [0.3, 0.4) is 0 Å². The minimum atomic E-state index is 0.104. The van der Waals surface area contributed by atoms with Gasteiger partial charge in [-0.15, -0.1) is 0 Å². The van der Waals surface area contributed by atoms with E-state index in [1.807, 2.05) is 30.3 Å². The van der Waals surface area contributed by atoms with E-state index < -0.39 is 0 Å². The molecule has 1 amide bonds. The van der Waals surface area contributed by atoms with Gasteiger partial charge in [-0.3, -0.25) is 9.78 Å². The van der Waals surface area contributed by atoms with Gasteiger partial charge in [-0.1, -0.05) is 30.3 Å². The molecule has 3 nitrogen and oxygen atoms in total. The van der Waals surface area contributed by atoms with Crippen LogP contribution >= 0.6 is 0 Å². The molecule has 19 heavy (non-hydrogen) atoms. The third-order valence-electron chi connectivity index (χ3n) is 2.95. The van der Waals surface area contributed by atoms with Crippen LogP contribution in [-0.2, 0) is 17.8 Å². The molecule has 0 atom stereocenters. The molecule has 1 N–H and O–H groups in total. The Morgan fingerprint density at radius 3 is 2.47 bits per heavy atom. The Balaban J connectivity index is 1.65. The normalized spacial score (nSPS) is 10.1. The van der Waals surface area contributed by atoms with Gasteiger partial charge in [-0.05, 0) is 36.1 Å². The zero-order chi connectivity index (χ0) is 13.3. The Morgan fingerprint density at radius 1 is 1.00 bits per heavy atom. The third-order valence-corrected chi connectivity index (χ3v) is 2.95. The summed E-state index contributed by atoms with van der Waals surface area (Å²) in [5.41, 5.74) is 2.36. The van der Waals surface area contributed by atoms with Crippen molar-refractivity contribution < 1.29 is 4.79 Å². The number of hydrogen-bond donors (Lipinski definition) is 1. The first kappa shape index (κ1) is 13.3. The zero-order valence-electron chi connectivity index (χ0n) is 10.9. The molecule has 3 heteroatoms. The fourth-order valence-corrected chi connectivity index (χ4v) is 1.89. The molecule has 0 unspecified atom stereocenters. The van der Waals surface area contributed by atoms with E-state index in [2.05, 4.69) is 22.4 Å². The fraction of sp³-hybridized carbons (Fsp3) is 0.250. The molecule has 0 aliphatic carbocycles. The van der Waals surface area contributed by atoms with Gasteiger partial charge in [-0.2, -0.15) is 0 Å². The van der Waals surface area contributed by atoms with Crippen LogP contribution in [0.15, 0.2) is 54.9 Å². The Morgan fingerprint density at radius 2 is 1.74 bits per heavy atom. The monoisotopic (exact) mass is 254 g/mol. The molecule has 0 bridgehead atoms. The first-order valence-corrected chi connectivity index (χ1v) is 6.54. The van der Waals surface area contributed by atoms with E-state index in [4.69, 9.17) is 0 Å². The number of amides is 1. The number of hydrogen-bond acceptors (Lipinski definition) is 2. The van der Waals surface area contributed by atoms with Crippen molar-refractivity contribution in [2.45, 2.75) is 25.8 Å². The van der Waals surface area contributed by atoms with Gasteiger partial charge in [0.25, 0.3) is 0 Å². The second-order valence-corrected chi connectivity index (χ2v) is 4.47. The van der Waals surface area contributed by atoms with E-state index in [0.29, 0.717) is 13.0 Å². The second kappa shape index (κ2) is 7.31. The second-order valence-electron chi connectivity index (χ2n) is 4.47. The van der Waals surface area contributed by atoms with Crippen LogP contribution in [0.5, 0.6) is 0 Å². The maximum atomic E-state index is 11.7. The van der Waals surface area contributed by atoms with Crippen LogP contribution in [0.1, 0.15) is 24.0 Å². The van der Waals surface area contributed by atoms with Gasteiger partial charge in [0.05, 0.1) is 0 Å². The van der Waals surface area contributed by atoms with Gasteiger partial charge < -0.3 is 5.32 Å². The standard InChI is InChI=1S/C16H18N2O/c19-16(18-13-15-9-11-17-12-10-15)8-4-7-14-5-2-1-3-6-14/h1-3,5-6,9-12H,4,7-8,13H2,(H,18,19). The average molecular weight is 254 g/mol. The topological polar surface area (TPSA) is 42.0 Å². The maximum absolute atomic E-state index is 11.7. The molecule has 0 saturated carbocycles. The minimum absolute atomic E-state index is 0.104. The van der Waals surface area contributed by atoms with Crippen LogP contribution in [0.25, 0.3) is 0 Å². The van der Waals surface area contributed by atoms with Crippen molar-refractivity contribution in [2.24, 2.45) is 0 Å². The molecule has 1 aromatic heterocycles. The molecule has 0 saturated heterocycles. The van der Waals surface area contributed by atoms with Crippen molar-refractivity contribution in [2.75, 3.05) is 0 Å². The number of rotatable bonds is 6. The predicted molar refractivity (Wildman–Crippen MR) is 75.5 cm³/mol. The number of nitrogens with one attached hydrogen (secondary N) is 1. The van der Waals surface area contributed by atoms with Crippen LogP contribution in [0.2, 0.25) is 0 Å². The number of aromatic nitrogens is 1. The lowest BCUT2D eigenvalue weighted by molar-refractivity contribution is -0.121. The zero-order valence-corrected chi connectivity index (χ0v) is 10.9. The summed E-state index contributed by atoms with van der Waals surface area (Å²) in [6.07, 6.45) is 5.86. The highest BCUT2D eigenvalue weighted by atomic mass is 16.1. The molecule has 0 spiro atoms. The first-order valence-electron chi connectivity index (χ1n) is 6.54. The molecular formula is C16H18N2O. The fourth-order valence-electron chi connectivity index (χ4n) is 1.89. The van der Waals surface area contributed by atoms with Crippen LogP contribution in [-0.4, -0.2) is 10.9 Å². The van der Waals surface area contributed by atoms with Gasteiger partial charge in [-0.25, -0.2) is 0 Å². The Kier molecular flexibility index (Phi) is 5.11. The lowest BCUT2D eigenvalue weighted by Crippen LogP contribution is -2.22. The van der Waals surface area contributed by atoms with Crippen LogP contribution < -0.4 is 5.32 Å². The molecule has 2 rings (SSSR count). The summed E-state index contributed by atoms with van der Waals surface area (Å²) in [7, 11) is 0. The third kappa shape index (κ3) is 4.92. The smallest absolute Gasteiger partial charge is 0.220 e. The van der Waals surface area contributed by atoms with Gasteiger partial charge >= 0.3 is 0 Å². The lowest BCUT2D eigenvalue weighted by atomic mass is 10.1. The van der Waals surface area contributed by atoms with E-state index >= 15 is 0 Å². The molecule has 0 fully saturated rings. The molecule has 0 aliphatic heterocycles. The van der Waals surface area contributed by atoms with Crippen molar-refractivity contribution >= 4 is 5.91 Å². The number of carbonyl (C=O) groups is 1. The Labute approximate surface area is 113 Å². The van der Waals surface area contributed by atoms with E-state index in [1.54, 1.807) is 12.4 Å². The first-order chi connectivity index (χ1) is 9.34. The minimum Gasteiger partial charge on any atom is -0.352 e. The number of benzene rings is 1. The molecule has 1 aromatic carbocycles. The highest BCUT2D eigenvalue weighted by molar-refractivity contribution is 5.75. The van der Waals surface area contributed by atoms with E-state index in [0.717, 1.165) is 18.4 Å². The average Bonchev–Trinajstić information content (AvgIpc) is 2.47. The van der Waals surface area contributed by atoms with Gasteiger partial charge in [0.1, 0.15) is 0 Å². The summed E-state index contributed by atoms with van der Waals surface area (Å²) in [5.74, 6) is 0.104. The molecule has 2 aromatic rings. The molecule has 0 radical (unpaired) electrons. The number of nitrogens with zero attached hydrogens (tertiary/aromatic N) is 1. The van der Waals surface area contributed by atoms with Crippen molar-refractivity contribution in [3.8, 4) is 0 Å². The van der Waals surface area contributed by atoms with Crippen LogP contribution in [0, 0.1) is 0 Å². The van der Waals surface area contributed by atoms with Crippen molar-refractivity contribution in [1.29, 1.82) is 0 Å². The summed E-state index contributed by atoms with van der Waals surface area (Å²) in [5, 5.41) is 2.92. The summed E-state index contributed by atoms with van der Waals surface area (Å²) in [6.45, 7) is 0.576. The van der Waals surface area contributed by atoms with E-state index in [1.165, 1.54) is 5.56 Å². The summed E-state index contributed by atoms with van der Waals surface area (Å²) >= 11 is 0. The predicted octanol–water partition coefficient (Wildman–Crippen LogP) is 2.72. The largest absolute Gasteiger partial charge is 0.352 e. The SMILES string of the molecule is O=C(CCCc1ccccc1)NCc1ccncc1. The quantitative estimate of drug-likeness (QED) is 0.861. The van der Waals surface area contributed by atoms with Gasteiger partial charge in [0.2, 0.25) is 5.91 Å². The number of aryl methyl sites for hydroxylation is 1. The molecule has 0 aliphatic rings. The van der Waals surface area contributed by atoms with E-state index in [-0.39, 0.29) is 5.91 Å². The highest BCUT2D eigenvalue weighted by Gasteiger charge is 2.01. The summed E-state index contributed by atoms with van der Waals surface area (Å²) in [6, 6.07) is 14.1. The summed E-state index contributed by atoms with van der Waals surface area (Å²) < 4.78 is 0. The van der Waals surface area contributed by atoms with Gasteiger partial charge in [0, 0.05) is 25.4 Å². The molecule has 98 valence electrons. The van der Waals surface area contributed by atoms with Gasteiger partial charge in [0.15, 0.2) is 0 Å². The molecule has 1 heterocycles. The van der Waals surface area contributed by atoms with Crippen molar-refractivity contribution in [3.63, 3.8) is 0 Å². The number of carbonyl (C=O) groups excluding carboxylic acids is 1. The molecular weight excluding hydrogens is 236 g/mol. The highest BCUT2D eigenvalue weighted by Crippen LogP contribution is 2.04. The Hall–Kier alpha value is -2.16. The lowest BCUT2D eigenvalue weighted by Gasteiger charge is -2.05. The maximum Gasteiger partial charge on any atom is 0.220 e. The summed E-state index contributed by atoms with van der Waals surface area (Å²) in [4.78, 5) is 15.6. The number of pyridine rings is 1. The van der Waals surface area contributed by atoms with E-state index in [9.17, 15) is 4.79 Å². The van der Waals surface area contributed by atoms with Crippen molar-refractivity contribution in [1.82, 2.24) is 10.3 Å². The Bertz CT molecular complexity index is 497. The van der Waals surface area contributed by atoms with Crippen molar-refractivity contribution in [3.05, 3.63) is 66.0 Å².